The van der Waals surface area contributed by atoms with Gasteiger partial charge < -0.3 is 19.5 Å². The van der Waals surface area contributed by atoms with Gasteiger partial charge in [-0.2, -0.15) is 0 Å². The van der Waals surface area contributed by atoms with E-state index in [2.05, 4.69) is 26.1 Å². The van der Waals surface area contributed by atoms with E-state index in [1.54, 1.807) is 0 Å². The van der Waals surface area contributed by atoms with Gasteiger partial charge in [0.15, 0.2) is 6.61 Å². The molecule has 0 aliphatic rings. The monoisotopic (exact) mass is 430 g/mol. The van der Waals surface area contributed by atoms with Crippen molar-refractivity contribution < 1.29 is 28.7 Å². The smallest absolute Gasteiger partial charge is 0.309 e. The molecule has 0 aliphatic carbocycles. The number of nitro benzene ring substituents is 1. The van der Waals surface area contributed by atoms with Gasteiger partial charge in [0, 0.05) is 0 Å². The molecular formula is C22H26N2O7. The number of nitro groups is 1. The van der Waals surface area contributed by atoms with E-state index < -0.39 is 23.4 Å². The summed E-state index contributed by atoms with van der Waals surface area (Å²) in [4.78, 5) is 34.3. The topological polar surface area (TPSA) is 117 Å². The third kappa shape index (κ3) is 7.29. The van der Waals surface area contributed by atoms with Crippen LogP contribution >= 0.6 is 0 Å². The van der Waals surface area contributed by atoms with Crippen molar-refractivity contribution in [1.82, 2.24) is 0 Å². The average molecular weight is 430 g/mol. The van der Waals surface area contributed by atoms with Crippen LogP contribution in [-0.2, 0) is 19.7 Å². The first-order valence-corrected chi connectivity index (χ1v) is 9.61. The first-order chi connectivity index (χ1) is 14.6. The highest BCUT2D eigenvalue weighted by atomic mass is 16.6. The van der Waals surface area contributed by atoms with Crippen LogP contribution < -0.4 is 14.8 Å². The van der Waals surface area contributed by atoms with Crippen molar-refractivity contribution in [1.29, 1.82) is 0 Å². The van der Waals surface area contributed by atoms with Crippen molar-refractivity contribution in [3.05, 3.63) is 58.1 Å². The molecule has 1 amide bonds. The molecule has 0 unspecified atom stereocenters. The molecule has 2 rings (SSSR count). The summed E-state index contributed by atoms with van der Waals surface area (Å²) in [7, 11) is 1.38. The molecule has 2 aromatic carbocycles. The summed E-state index contributed by atoms with van der Waals surface area (Å²) in [5.74, 6) is -0.402. The molecule has 2 aromatic rings. The number of rotatable bonds is 9. The van der Waals surface area contributed by atoms with Gasteiger partial charge in [-0.15, -0.1) is 0 Å². The van der Waals surface area contributed by atoms with Crippen molar-refractivity contribution in [2.45, 2.75) is 32.6 Å². The van der Waals surface area contributed by atoms with Gasteiger partial charge in [-0.05, 0) is 35.2 Å². The molecule has 9 nitrogen and oxygen atoms in total. The number of nitrogens with one attached hydrogen (secondary N) is 1. The molecular weight excluding hydrogens is 404 g/mol. The molecule has 0 saturated carbocycles. The molecule has 1 N–H and O–H groups in total. The number of hydrogen-bond donors (Lipinski definition) is 1. The Hall–Kier alpha value is -3.62. The van der Waals surface area contributed by atoms with Gasteiger partial charge in [-0.1, -0.05) is 32.9 Å². The van der Waals surface area contributed by atoms with Crippen LogP contribution in [0, 0.1) is 10.1 Å². The second-order valence-corrected chi connectivity index (χ2v) is 7.72. The quantitative estimate of drug-likeness (QED) is 0.365. The Balaban J connectivity index is 1.77. The third-order valence-corrected chi connectivity index (χ3v) is 4.34. The van der Waals surface area contributed by atoms with Crippen LogP contribution in [0.15, 0.2) is 42.5 Å². The van der Waals surface area contributed by atoms with Crippen LogP contribution in [-0.4, -0.2) is 37.1 Å². The maximum Gasteiger partial charge on any atom is 0.309 e. The Morgan fingerprint density at radius 1 is 1.06 bits per heavy atom. The van der Waals surface area contributed by atoms with E-state index in [0.717, 1.165) is 0 Å². The molecule has 0 bridgehead atoms. The molecule has 31 heavy (non-hydrogen) atoms. The van der Waals surface area contributed by atoms with E-state index in [9.17, 15) is 19.7 Å². The highest BCUT2D eigenvalue weighted by Crippen LogP contribution is 2.29. The lowest BCUT2D eigenvalue weighted by Crippen LogP contribution is -2.22. The maximum absolute atomic E-state index is 12.0. The largest absolute Gasteiger partial charge is 0.496 e. The second kappa shape index (κ2) is 10.4. The minimum atomic E-state index is -0.694. The number of ether oxygens (including phenoxy) is 3. The molecule has 0 radical (unpaired) electrons. The van der Waals surface area contributed by atoms with E-state index >= 15 is 0 Å². The molecule has 9 heteroatoms. The molecule has 0 aromatic heterocycles. The molecule has 166 valence electrons. The Kier molecular flexibility index (Phi) is 7.95. The number of amides is 1. The highest BCUT2D eigenvalue weighted by molar-refractivity contribution is 5.95. The van der Waals surface area contributed by atoms with Crippen LogP contribution in [0.4, 0.5) is 11.4 Å². The Bertz CT molecular complexity index is 934. The summed E-state index contributed by atoms with van der Waals surface area (Å²) >= 11 is 0. The van der Waals surface area contributed by atoms with Crippen LogP contribution in [0.2, 0.25) is 0 Å². The van der Waals surface area contributed by atoms with Crippen molar-refractivity contribution in [2.24, 2.45) is 0 Å². The second-order valence-electron chi connectivity index (χ2n) is 7.72. The predicted molar refractivity (Wildman–Crippen MR) is 114 cm³/mol. The summed E-state index contributed by atoms with van der Waals surface area (Å²) in [5.41, 5.74) is 0.857. The molecule has 0 atom stereocenters. The predicted octanol–water partition coefficient (Wildman–Crippen LogP) is 3.85. The number of carbonyl (C=O) groups is 2. The van der Waals surface area contributed by atoms with Gasteiger partial charge in [0.25, 0.3) is 11.6 Å². The first kappa shape index (κ1) is 23.7. The zero-order valence-corrected chi connectivity index (χ0v) is 18.0. The Morgan fingerprint density at radius 3 is 2.29 bits per heavy atom. The standard InChI is InChI=1S/C22H26N2O7/c1-22(2,3)15-5-7-16(8-6-15)30-12-11-21(26)31-14-20(25)23-18-10-9-17(29-4)13-19(18)24(27)28/h5-10,13H,11-12,14H2,1-4H3,(H,23,25). The van der Waals surface area contributed by atoms with Crippen molar-refractivity contribution >= 4 is 23.3 Å². The van der Waals surface area contributed by atoms with Crippen LogP contribution in [0.5, 0.6) is 11.5 Å². The summed E-state index contributed by atoms with van der Waals surface area (Å²) in [6.07, 6.45) is -0.0447. The van der Waals surface area contributed by atoms with Crippen molar-refractivity contribution in [3.63, 3.8) is 0 Å². The van der Waals surface area contributed by atoms with E-state index in [1.807, 2.05) is 24.3 Å². The van der Waals surface area contributed by atoms with Gasteiger partial charge in [-0.3, -0.25) is 19.7 Å². The third-order valence-electron chi connectivity index (χ3n) is 4.34. The summed E-state index contributed by atoms with van der Waals surface area (Å²) < 4.78 is 15.4. The zero-order valence-electron chi connectivity index (χ0n) is 18.0. The Morgan fingerprint density at radius 2 is 1.71 bits per heavy atom. The molecule has 0 heterocycles. The van der Waals surface area contributed by atoms with E-state index in [0.29, 0.717) is 5.75 Å². The fourth-order valence-electron chi connectivity index (χ4n) is 2.60. The minimum Gasteiger partial charge on any atom is -0.496 e. The Labute approximate surface area is 180 Å². The van der Waals surface area contributed by atoms with E-state index in [-0.39, 0.29) is 35.6 Å². The molecule has 0 fully saturated rings. The van der Waals surface area contributed by atoms with Gasteiger partial charge in [0.1, 0.15) is 17.2 Å². The summed E-state index contributed by atoms with van der Waals surface area (Å²) in [5, 5.41) is 13.5. The van der Waals surface area contributed by atoms with E-state index in [1.165, 1.54) is 30.9 Å². The van der Waals surface area contributed by atoms with Gasteiger partial charge in [0.2, 0.25) is 0 Å². The first-order valence-electron chi connectivity index (χ1n) is 9.61. The number of nitrogens with zero attached hydrogens (tertiary/aromatic N) is 1. The number of hydrogen-bond acceptors (Lipinski definition) is 7. The van der Waals surface area contributed by atoms with Crippen LogP contribution in [0.1, 0.15) is 32.8 Å². The lowest BCUT2D eigenvalue weighted by atomic mass is 9.87. The van der Waals surface area contributed by atoms with E-state index in [4.69, 9.17) is 14.2 Å². The number of anilines is 1. The lowest BCUT2D eigenvalue weighted by Gasteiger charge is -2.19. The van der Waals surface area contributed by atoms with Gasteiger partial charge in [0.05, 0.1) is 31.1 Å². The normalized spacial score (nSPS) is 10.8. The SMILES string of the molecule is COc1ccc(NC(=O)COC(=O)CCOc2ccc(C(C)(C)C)cc2)c([N+](=O)[O-])c1. The zero-order chi connectivity index (χ0) is 23.0. The maximum atomic E-state index is 12.0. The van der Waals surface area contributed by atoms with Gasteiger partial charge >= 0.3 is 5.97 Å². The number of methoxy groups -OCH3 is 1. The highest BCUT2D eigenvalue weighted by Gasteiger charge is 2.18. The van der Waals surface area contributed by atoms with Crippen LogP contribution in [0.3, 0.4) is 0 Å². The fraction of sp³-hybridized carbons (Fsp3) is 0.364. The number of carbonyl (C=O) groups excluding carboxylic acids is 2. The summed E-state index contributed by atoms with van der Waals surface area (Å²) in [6, 6.07) is 11.6. The summed E-state index contributed by atoms with van der Waals surface area (Å²) in [6.45, 7) is 5.87. The van der Waals surface area contributed by atoms with Crippen molar-refractivity contribution in [3.8, 4) is 11.5 Å². The molecule has 0 spiro atoms. The average Bonchev–Trinajstić information content (AvgIpc) is 2.72. The molecule has 0 aliphatic heterocycles. The fourth-order valence-corrected chi connectivity index (χ4v) is 2.60. The number of benzene rings is 2. The van der Waals surface area contributed by atoms with Crippen LogP contribution in [0.25, 0.3) is 0 Å². The molecule has 0 saturated heterocycles. The lowest BCUT2D eigenvalue weighted by molar-refractivity contribution is -0.384. The van der Waals surface area contributed by atoms with Gasteiger partial charge in [-0.25, -0.2) is 0 Å². The number of esters is 1. The minimum absolute atomic E-state index is 0.0195. The van der Waals surface area contributed by atoms with Crippen molar-refractivity contribution in [2.75, 3.05) is 25.6 Å².